The number of allylic oxidation sites excluding steroid dienone is 1. The van der Waals surface area contributed by atoms with Crippen LogP contribution in [0.1, 0.15) is 54.7 Å². The van der Waals surface area contributed by atoms with Gasteiger partial charge in [0, 0.05) is 23.6 Å². The monoisotopic (exact) mass is 504 g/mol. The van der Waals surface area contributed by atoms with Crippen LogP contribution < -0.4 is 9.47 Å². The van der Waals surface area contributed by atoms with Gasteiger partial charge in [0.05, 0.1) is 25.3 Å². The van der Waals surface area contributed by atoms with Crippen molar-refractivity contribution < 1.29 is 28.6 Å². The Morgan fingerprint density at radius 3 is 2.51 bits per heavy atom. The number of carbonyl (C=O) groups excluding carboxylic acids is 1. The lowest BCUT2D eigenvalue weighted by molar-refractivity contribution is -0.131. The van der Waals surface area contributed by atoms with Crippen molar-refractivity contribution in [2.24, 2.45) is 0 Å². The number of hydrogen-bond donors (Lipinski definition) is 2. The molecule has 0 atom stereocenters. The van der Waals surface area contributed by atoms with Crippen LogP contribution in [0.5, 0.6) is 11.5 Å². The summed E-state index contributed by atoms with van der Waals surface area (Å²) in [5.41, 5.74) is 1.30. The molecule has 9 heteroatoms. The first-order valence-corrected chi connectivity index (χ1v) is 11.1. The molecular weight excluding hydrogens is 475 g/mol. The fourth-order valence-corrected chi connectivity index (χ4v) is 3.89. The van der Waals surface area contributed by atoms with Crippen molar-refractivity contribution in [1.29, 1.82) is 5.41 Å². The van der Waals surface area contributed by atoms with Crippen LogP contribution in [0, 0.1) is 11.2 Å². The molecule has 1 aliphatic heterocycles. The molecule has 1 aliphatic rings. The van der Waals surface area contributed by atoms with Gasteiger partial charge in [-0.3, -0.25) is 10.2 Å². The molecule has 0 unspecified atom stereocenters. The summed E-state index contributed by atoms with van der Waals surface area (Å²) < 4.78 is 26.2. The van der Waals surface area contributed by atoms with Gasteiger partial charge in [-0.05, 0) is 37.1 Å². The van der Waals surface area contributed by atoms with Gasteiger partial charge in [0.15, 0.2) is 23.1 Å². The smallest absolute Gasteiger partial charge is 0.328 e. The largest absolute Gasteiger partial charge is 0.490 e. The highest BCUT2D eigenvalue weighted by Crippen LogP contribution is 2.39. The van der Waals surface area contributed by atoms with Crippen LogP contribution in [0.3, 0.4) is 0 Å². The number of Topliss-reactive ketones (excluding diaryl/α,β-unsaturated/α-hetero) is 1. The predicted octanol–water partition coefficient (Wildman–Crippen LogP) is 4.99. The van der Waals surface area contributed by atoms with E-state index in [1.54, 1.807) is 44.2 Å². The number of halogens is 2. The maximum atomic E-state index is 15.2. The van der Waals surface area contributed by atoms with Crippen molar-refractivity contribution in [3.63, 3.8) is 0 Å². The zero-order chi connectivity index (χ0) is 25.0. The molecule has 2 aromatic rings. The first kappa shape index (κ1) is 27.9. The van der Waals surface area contributed by atoms with Crippen LogP contribution in [0.25, 0.3) is 0 Å². The summed E-state index contributed by atoms with van der Waals surface area (Å²) in [6, 6.07) is 8.64. The van der Waals surface area contributed by atoms with Gasteiger partial charge in [-0.25, -0.2) is 9.18 Å². The zero-order valence-corrected chi connectivity index (χ0v) is 21.0. The van der Waals surface area contributed by atoms with Crippen molar-refractivity contribution in [2.45, 2.75) is 39.7 Å². The Bertz CT molecular complexity index is 1160. The number of aliphatic carboxylic acids is 1. The van der Waals surface area contributed by atoms with Crippen LogP contribution in [-0.4, -0.2) is 47.4 Å². The second-order valence-corrected chi connectivity index (χ2v) is 8.52. The van der Waals surface area contributed by atoms with Gasteiger partial charge in [0.1, 0.15) is 5.84 Å². The standard InChI is InChI=1S/C26H29FN2O5.ClH/c1-5-33-20-13-17-14-29(25(28)22(17)23(27)24(20)34-6-2)15-19(30)16-8-7-9-18(12-16)26(3,4)11-10-21(31)32;/h7-13,28H,5-6,14-15H2,1-4H3,(H,31,32);1H. The molecular formula is C26H30ClFN2O5. The minimum Gasteiger partial charge on any atom is -0.490 e. The molecule has 3 rings (SSSR count). The molecule has 35 heavy (non-hydrogen) atoms. The van der Waals surface area contributed by atoms with E-state index in [4.69, 9.17) is 20.0 Å². The van der Waals surface area contributed by atoms with Gasteiger partial charge in [-0.2, -0.15) is 0 Å². The third-order valence-corrected chi connectivity index (χ3v) is 5.68. The van der Waals surface area contributed by atoms with E-state index in [1.165, 1.54) is 4.90 Å². The highest BCUT2D eigenvalue weighted by atomic mass is 35.5. The number of rotatable bonds is 10. The number of amidine groups is 1. The molecule has 188 valence electrons. The summed E-state index contributed by atoms with van der Waals surface area (Å²) >= 11 is 0. The topological polar surface area (TPSA) is 99.9 Å². The summed E-state index contributed by atoms with van der Waals surface area (Å²) in [5, 5.41) is 17.4. The maximum absolute atomic E-state index is 15.2. The lowest BCUT2D eigenvalue weighted by Crippen LogP contribution is -2.30. The summed E-state index contributed by atoms with van der Waals surface area (Å²) in [6.07, 6.45) is 2.65. The number of ether oxygens (including phenoxy) is 2. The van der Waals surface area contributed by atoms with E-state index in [0.29, 0.717) is 17.7 Å². The minimum absolute atomic E-state index is 0. The van der Waals surface area contributed by atoms with Crippen molar-refractivity contribution >= 4 is 30.0 Å². The van der Waals surface area contributed by atoms with Gasteiger partial charge in [0.2, 0.25) is 0 Å². The number of carboxylic acids is 1. The average molecular weight is 505 g/mol. The Labute approximate surface area is 210 Å². The molecule has 0 radical (unpaired) electrons. The second kappa shape index (κ2) is 11.4. The Morgan fingerprint density at radius 1 is 1.20 bits per heavy atom. The van der Waals surface area contributed by atoms with Gasteiger partial charge in [-0.15, -0.1) is 12.4 Å². The van der Waals surface area contributed by atoms with Crippen molar-refractivity contribution in [3.8, 4) is 11.5 Å². The normalized spacial score (nSPS) is 12.9. The van der Waals surface area contributed by atoms with E-state index < -0.39 is 17.2 Å². The quantitative estimate of drug-likeness (QED) is 0.349. The molecule has 0 amide bonds. The van der Waals surface area contributed by atoms with Crippen LogP contribution in [0.2, 0.25) is 0 Å². The second-order valence-electron chi connectivity index (χ2n) is 8.52. The van der Waals surface area contributed by atoms with Crippen LogP contribution in [0.4, 0.5) is 4.39 Å². The van der Waals surface area contributed by atoms with Crippen LogP contribution in [-0.2, 0) is 16.8 Å². The predicted molar refractivity (Wildman–Crippen MR) is 134 cm³/mol. The highest BCUT2D eigenvalue weighted by molar-refractivity contribution is 6.05. The number of fused-ring (bicyclic) bond motifs is 1. The van der Waals surface area contributed by atoms with Gasteiger partial charge in [-0.1, -0.05) is 38.1 Å². The van der Waals surface area contributed by atoms with Gasteiger partial charge >= 0.3 is 5.97 Å². The first-order chi connectivity index (χ1) is 16.1. The highest BCUT2D eigenvalue weighted by Gasteiger charge is 2.33. The fourth-order valence-electron chi connectivity index (χ4n) is 3.89. The van der Waals surface area contributed by atoms with E-state index in [0.717, 1.165) is 11.6 Å². The number of carboxylic acid groups (broad SMARTS) is 1. The number of ketones is 1. The first-order valence-electron chi connectivity index (χ1n) is 11.1. The summed E-state index contributed by atoms with van der Waals surface area (Å²) in [5.74, 6) is -1.74. The van der Waals surface area contributed by atoms with Gasteiger partial charge < -0.3 is 19.5 Å². The number of hydrogen-bond acceptors (Lipinski definition) is 5. The Hall–Kier alpha value is -3.39. The average Bonchev–Trinajstić information content (AvgIpc) is 3.10. The molecule has 0 aromatic heterocycles. The molecule has 0 saturated carbocycles. The Balaban J connectivity index is 0.00000432. The van der Waals surface area contributed by atoms with Crippen LogP contribution in [0.15, 0.2) is 42.5 Å². The van der Waals surface area contributed by atoms with Crippen molar-refractivity contribution in [3.05, 3.63) is 70.6 Å². The van der Waals surface area contributed by atoms with Crippen LogP contribution >= 0.6 is 12.4 Å². The minimum atomic E-state index is -1.04. The lowest BCUT2D eigenvalue weighted by atomic mass is 9.83. The van der Waals surface area contributed by atoms with E-state index in [-0.39, 0.29) is 60.8 Å². The molecule has 1 heterocycles. The lowest BCUT2D eigenvalue weighted by Gasteiger charge is -2.22. The molecule has 0 saturated heterocycles. The van der Waals surface area contributed by atoms with Gasteiger partial charge in [0.25, 0.3) is 0 Å². The summed E-state index contributed by atoms with van der Waals surface area (Å²) in [7, 11) is 0. The van der Waals surface area contributed by atoms with E-state index >= 15 is 4.39 Å². The zero-order valence-electron chi connectivity index (χ0n) is 20.2. The molecule has 0 fully saturated rings. The SMILES string of the molecule is CCOc1cc2c(c(F)c1OCC)C(=N)N(CC(=O)c1cccc(C(C)(C)C=CC(=O)O)c1)C2.Cl. The van der Waals surface area contributed by atoms with Crippen molar-refractivity contribution in [1.82, 2.24) is 4.90 Å². The van der Waals surface area contributed by atoms with Crippen molar-refractivity contribution in [2.75, 3.05) is 19.8 Å². The number of nitrogens with one attached hydrogen (secondary N) is 1. The van der Waals surface area contributed by atoms with E-state index in [1.807, 2.05) is 19.9 Å². The molecule has 0 spiro atoms. The van der Waals surface area contributed by atoms with E-state index in [9.17, 15) is 9.59 Å². The maximum Gasteiger partial charge on any atom is 0.328 e. The molecule has 7 nitrogen and oxygen atoms in total. The number of carbonyl (C=O) groups is 2. The Kier molecular flexibility index (Phi) is 9.04. The molecule has 0 aliphatic carbocycles. The molecule has 0 bridgehead atoms. The summed E-state index contributed by atoms with van der Waals surface area (Å²) in [6.45, 7) is 7.94. The molecule has 2 N–H and O–H groups in total. The fraction of sp³-hybridized carbons (Fsp3) is 0.346. The third-order valence-electron chi connectivity index (χ3n) is 5.68. The number of benzene rings is 2. The summed E-state index contributed by atoms with van der Waals surface area (Å²) in [4.78, 5) is 25.5. The third kappa shape index (κ3) is 6.00. The molecule has 2 aromatic carbocycles. The number of nitrogens with zero attached hydrogens (tertiary/aromatic N) is 1. The Morgan fingerprint density at radius 2 is 1.89 bits per heavy atom. The van der Waals surface area contributed by atoms with E-state index in [2.05, 4.69) is 0 Å².